The highest BCUT2D eigenvalue weighted by molar-refractivity contribution is 7.79. The van der Waals surface area contributed by atoms with Gasteiger partial charge in [0.25, 0.3) is 0 Å². The van der Waals surface area contributed by atoms with E-state index in [1.807, 2.05) is 0 Å². The zero-order valence-electron chi connectivity index (χ0n) is 15.6. The van der Waals surface area contributed by atoms with Gasteiger partial charge >= 0.3 is 10.4 Å². The van der Waals surface area contributed by atoms with E-state index in [0.29, 0.717) is 5.41 Å². The molecule has 4 aliphatic rings. The summed E-state index contributed by atoms with van der Waals surface area (Å²) in [4.78, 5) is 0. The molecule has 0 aliphatic heterocycles. The van der Waals surface area contributed by atoms with Gasteiger partial charge in [-0.3, -0.25) is 9.11 Å². The van der Waals surface area contributed by atoms with Gasteiger partial charge in [-0.1, -0.05) is 25.5 Å². The zero-order chi connectivity index (χ0) is 19.3. The molecule has 4 N–H and O–H groups in total. The number of allylic oxidation sites excluding steroid dienone is 1. The van der Waals surface area contributed by atoms with Gasteiger partial charge in [-0.05, 0) is 80.0 Å². The third-order valence-electron chi connectivity index (χ3n) is 8.04. The summed E-state index contributed by atoms with van der Waals surface area (Å²) < 4.78 is 31.6. The van der Waals surface area contributed by atoms with Gasteiger partial charge in [0, 0.05) is 0 Å². The molecule has 0 aromatic carbocycles. The molecule has 7 atom stereocenters. The first-order valence-electron chi connectivity index (χ1n) is 9.72. The molecule has 3 saturated carbocycles. The van der Waals surface area contributed by atoms with Crippen molar-refractivity contribution in [3.05, 3.63) is 11.6 Å². The maximum atomic E-state index is 10.5. The van der Waals surface area contributed by atoms with Crippen LogP contribution in [0.5, 0.6) is 0 Å². The maximum absolute atomic E-state index is 10.5. The predicted molar refractivity (Wildman–Crippen MR) is 97.9 cm³/mol. The Bertz CT molecular complexity index is 666. The van der Waals surface area contributed by atoms with Crippen molar-refractivity contribution in [2.24, 2.45) is 28.6 Å². The highest BCUT2D eigenvalue weighted by Gasteiger charge is 2.58. The van der Waals surface area contributed by atoms with Gasteiger partial charge in [-0.15, -0.1) is 0 Å². The molecule has 26 heavy (non-hydrogen) atoms. The minimum absolute atomic E-state index is 0.0682. The van der Waals surface area contributed by atoms with Crippen LogP contribution >= 0.6 is 0 Å². The molecule has 150 valence electrons. The molecule has 6 nitrogen and oxygen atoms in total. The lowest BCUT2D eigenvalue weighted by Crippen LogP contribution is -2.51. The summed E-state index contributed by atoms with van der Waals surface area (Å²) in [6, 6.07) is 0. The summed E-state index contributed by atoms with van der Waals surface area (Å²) >= 11 is 0. The Morgan fingerprint density at radius 1 is 0.962 bits per heavy atom. The molecule has 0 saturated heterocycles. The van der Waals surface area contributed by atoms with Crippen molar-refractivity contribution in [1.29, 1.82) is 0 Å². The third-order valence-corrected chi connectivity index (χ3v) is 8.04. The standard InChI is InChI=1S/C19H30O2.H2O4S/c1-18-9-7-13(20)11-12(18)3-4-14-15-5-6-17(21)19(15,2)10-8-16(14)18;1-5(2,3)4/h11,13-17,20-21H,3-10H2,1-2H3;(H2,1,2,3,4)/t13-,14+,15+,16+,17-,18+,19+;/m1./s1. The molecule has 4 rings (SSSR count). The maximum Gasteiger partial charge on any atom is 0.394 e. The van der Waals surface area contributed by atoms with Crippen molar-refractivity contribution in [2.45, 2.75) is 77.4 Å². The molecule has 0 spiro atoms. The second kappa shape index (κ2) is 6.85. The Labute approximate surface area is 156 Å². The minimum Gasteiger partial charge on any atom is -0.393 e. The van der Waals surface area contributed by atoms with E-state index in [-0.39, 0.29) is 17.6 Å². The SMILES string of the molecule is C[C@]12CC[C@H]3[C@@H](CCC4=C[C@H](O)CC[C@@]43C)[C@@H]1CC[C@H]2O.O=S(=O)(O)O. The van der Waals surface area contributed by atoms with Gasteiger partial charge in [0.2, 0.25) is 0 Å². The molecule has 3 fully saturated rings. The summed E-state index contributed by atoms with van der Waals surface area (Å²) in [7, 11) is -4.67. The van der Waals surface area contributed by atoms with Gasteiger partial charge in [0.15, 0.2) is 0 Å². The Morgan fingerprint density at radius 2 is 1.62 bits per heavy atom. The molecule has 0 amide bonds. The summed E-state index contributed by atoms with van der Waals surface area (Å²) in [6.07, 6.45) is 11.2. The van der Waals surface area contributed by atoms with Gasteiger partial charge in [0.05, 0.1) is 12.2 Å². The number of aliphatic hydroxyl groups is 2. The predicted octanol–water partition coefficient (Wildman–Crippen LogP) is 3.02. The molecular formula is C19H32O6S. The number of fused-ring (bicyclic) bond motifs is 5. The van der Waals surface area contributed by atoms with Crippen molar-refractivity contribution in [1.82, 2.24) is 0 Å². The monoisotopic (exact) mass is 388 g/mol. The topological polar surface area (TPSA) is 115 Å². The van der Waals surface area contributed by atoms with Crippen molar-refractivity contribution in [2.75, 3.05) is 0 Å². The molecule has 0 unspecified atom stereocenters. The second-order valence-electron chi connectivity index (χ2n) is 9.22. The third kappa shape index (κ3) is 3.61. The quantitative estimate of drug-likeness (QED) is 0.374. The Morgan fingerprint density at radius 3 is 2.27 bits per heavy atom. The first-order chi connectivity index (χ1) is 11.9. The largest absolute Gasteiger partial charge is 0.394 e. The van der Waals surface area contributed by atoms with Crippen LogP contribution in [0.1, 0.15) is 65.2 Å². The van der Waals surface area contributed by atoms with E-state index in [9.17, 15) is 10.2 Å². The number of aliphatic hydroxyl groups excluding tert-OH is 2. The Kier molecular flexibility index (Phi) is 5.34. The Balaban J connectivity index is 0.000000349. The van der Waals surface area contributed by atoms with Gasteiger partial charge in [-0.2, -0.15) is 8.42 Å². The second-order valence-corrected chi connectivity index (χ2v) is 10.1. The summed E-state index contributed by atoms with van der Waals surface area (Å²) in [5.74, 6) is 2.32. The van der Waals surface area contributed by atoms with Crippen LogP contribution in [0.3, 0.4) is 0 Å². The fourth-order valence-corrected chi connectivity index (χ4v) is 6.68. The summed E-state index contributed by atoms with van der Waals surface area (Å²) in [5, 5.41) is 20.4. The van der Waals surface area contributed by atoms with Crippen LogP contribution in [-0.2, 0) is 10.4 Å². The van der Waals surface area contributed by atoms with Crippen molar-refractivity contribution in [3.63, 3.8) is 0 Å². The fourth-order valence-electron chi connectivity index (χ4n) is 6.68. The van der Waals surface area contributed by atoms with Crippen molar-refractivity contribution in [3.8, 4) is 0 Å². The lowest BCUT2D eigenvalue weighted by Gasteiger charge is -2.58. The molecule has 0 bridgehead atoms. The van der Waals surface area contributed by atoms with Crippen molar-refractivity contribution >= 4 is 10.4 Å². The van der Waals surface area contributed by atoms with Crippen LogP contribution in [0.25, 0.3) is 0 Å². The van der Waals surface area contributed by atoms with E-state index in [2.05, 4.69) is 19.9 Å². The lowest BCUT2D eigenvalue weighted by atomic mass is 9.47. The normalized spacial score (nSPS) is 47.6. The first-order valence-corrected chi connectivity index (χ1v) is 11.1. The van der Waals surface area contributed by atoms with E-state index in [0.717, 1.165) is 37.0 Å². The number of hydrogen-bond acceptors (Lipinski definition) is 4. The molecule has 7 heteroatoms. The number of hydrogen-bond donors (Lipinski definition) is 4. The summed E-state index contributed by atoms with van der Waals surface area (Å²) in [6.45, 7) is 4.82. The van der Waals surface area contributed by atoms with Gasteiger partial charge in [0.1, 0.15) is 0 Å². The molecular weight excluding hydrogens is 356 g/mol. The van der Waals surface area contributed by atoms with E-state index < -0.39 is 10.4 Å². The molecule has 0 aromatic heterocycles. The molecule has 0 heterocycles. The minimum atomic E-state index is -4.67. The average molecular weight is 389 g/mol. The van der Waals surface area contributed by atoms with Crippen LogP contribution in [0.2, 0.25) is 0 Å². The van der Waals surface area contributed by atoms with Crippen molar-refractivity contribution < 1.29 is 27.7 Å². The van der Waals surface area contributed by atoms with Crippen LogP contribution in [0, 0.1) is 28.6 Å². The van der Waals surface area contributed by atoms with Crippen LogP contribution < -0.4 is 0 Å². The van der Waals surface area contributed by atoms with E-state index in [1.165, 1.54) is 32.1 Å². The van der Waals surface area contributed by atoms with E-state index in [1.54, 1.807) is 5.57 Å². The van der Waals surface area contributed by atoms with E-state index in [4.69, 9.17) is 17.5 Å². The lowest BCUT2D eigenvalue weighted by molar-refractivity contribution is -0.0761. The highest BCUT2D eigenvalue weighted by Crippen LogP contribution is 2.65. The van der Waals surface area contributed by atoms with Crippen LogP contribution in [-0.4, -0.2) is 39.9 Å². The zero-order valence-corrected chi connectivity index (χ0v) is 16.5. The molecule has 4 aliphatic carbocycles. The van der Waals surface area contributed by atoms with E-state index >= 15 is 0 Å². The van der Waals surface area contributed by atoms with Gasteiger partial charge in [-0.25, -0.2) is 0 Å². The highest BCUT2D eigenvalue weighted by atomic mass is 32.3. The van der Waals surface area contributed by atoms with Crippen LogP contribution in [0.4, 0.5) is 0 Å². The molecule has 0 radical (unpaired) electrons. The van der Waals surface area contributed by atoms with Gasteiger partial charge < -0.3 is 10.2 Å². The smallest absolute Gasteiger partial charge is 0.393 e. The summed E-state index contributed by atoms with van der Waals surface area (Å²) in [5.41, 5.74) is 2.06. The van der Waals surface area contributed by atoms with Crippen LogP contribution in [0.15, 0.2) is 11.6 Å². The first kappa shape index (κ1) is 20.3. The average Bonchev–Trinajstić information content (AvgIpc) is 2.82. The fraction of sp³-hybridized carbons (Fsp3) is 0.895. The number of rotatable bonds is 0. The molecule has 0 aromatic rings. The Hall–Kier alpha value is -0.470.